The van der Waals surface area contributed by atoms with Gasteiger partial charge in [0.25, 0.3) is 5.76 Å². The van der Waals surface area contributed by atoms with E-state index in [0.717, 1.165) is 5.28 Å². The van der Waals surface area contributed by atoms with E-state index in [-0.39, 0.29) is 17.5 Å². The summed E-state index contributed by atoms with van der Waals surface area (Å²) in [5, 5.41) is 4.96. The quantitative estimate of drug-likeness (QED) is 0.443. The van der Waals surface area contributed by atoms with E-state index in [0.29, 0.717) is 16.7 Å². The lowest BCUT2D eigenvalue weighted by Gasteiger charge is -2.26. The first-order valence-corrected chi connectivity index (χ1v) is 8.82. The fourth-order valence-corrected chi connectivity index (χ4v) is 2.67. The van der Waals surface area contributed by atoms with Crippen molar-refractivity contribution in [1.29, 1.82) is 0 Å². The zero-order valence-corrected chi connectivity index (χ0v) is 16.6. The Kier molecular flexibility index (Phi) is 6.53. The van der Waals surface area contributed by atoms with Gasteiger partial charge in [0.1, 0.15) is 5.82 Å². The van der Waals surface area contributed by atoms with E-state index in [1.54, 1.807) is 30.3 Å². The van der Waals surface area contributed by atoms with E-state index in [4.69, 9.17) is 19.0 Å². The zero-order valence-electron chi connectivity index (χ0n) is 16.6. The summed E-state index contributed by atoms with van der Waals surface area (Å²) in [6.07, 6.45) is 1.49. The molecule has 2 aromatic carbocycles. The van der Waals surface area contributed by atoms with Crippen LogP contribution in [0.4, 0.5) is 4.39 Å². The molecule has 30 heavy (non-hydrogen) atoms. The van der Waals surface area contributed by atoms with Crippen LogP contribution in [0.3, 0.4) is 0 Å². The average molecular weight is 413 g/mol. The van der Waals surface area contributed by atoms with E-state index in [1.165, 1.54) is 45.6 Å². The van der Waals surface area contributed by atoms with Crippen LogP contribution in [0.15, 0.2) is 77.4 Å². The highest BCUT2D eigenvalue weighted by atomic mass is 19.1. The van der Waals surface area contributed by atoms with Crippen LogP contribution in [0.25, 0.3) is 5.57 Å². The molecule has 0 radical (unpaired) electrons. The highest BCUT2D eigenvalue weighted by Crippen LogP contribution is 2.29. The van der Waals surface area contributed by atoms with E-state index in [9.17, 15) is 9.18 Å². The second kappa shape index (κ2) is 9.46. The van der Waals surface area contributed by atoms with E-state index in [2.05, 4.69) is 10.5 Å². The van der Waals surface area contributed by atoms with E-state index in [1.807, 2.05) is 6.07 Å². The molecule has 3 rings (SSSR count). The maximum atomic E-state index is 14.0. The van der Waals surface area contributed by atoms with Crippen LogP contribution in [0.1, 0.15) is 11.1 Å². The van der Waals surface area contributed by atoms with Crippen LogP contribution in [-0.2, 0) is 23.8 Å². The Morgan fingerprint density at radius 3 is 2.37 bits per heavy atom. The minimum Gasteiger partial charge on any atom is -0.481 e. The van der Waals surface area contributed by atoms with Gasteiger partial charge in [-0.15, -0.1) is 0 Å². The predicted molar refractivity (Wildman–Crippen MR) is 106 cm³/mol. The molecule has 2 aromatic rings. The number of benzene rings is 2. The fraction of sp³-hybridized carbons (Fsp3) is 0.143. The molecule has 1 aliphatic heterocycles. The van der Waals surface area contributed by atoms with Crippen LogP contribution in [0.5, 0.6) is 0 Å². The molecule has 8 nitrogen and oxygen atoms in total. The van der Waals surface area contributed by atoms with Gasteiger partial charge in [-0.3, -0.25) is 0 Å². The normalized spacial score (nSPS) is 13.9. The molecule has 0 fully saturated rings. The molecule has 1 N–H and O–H groups in total. The van der Waals surface area contributed by atoms with Crippen LogP contribution >= 0.6 is 0 Å². The number of carbonyl (C=O) groups is 1. The summed E-state index contributed by atoms with van der Waals surface area (Å²) in [4.78, 5) is 18.4. The van der Waals surface area contributed by atoms with Gasteiger partial charge in [0.05, 0.1) is 27.4 Å². The van der Waals surface area contributed by atoms with Gasteiger partial charge >= 0.3 is 5.97 Å². The number of ether oxygens (including phenoxy) is 3. The molecule has 1 aliphatic rings. The Balaban J connectivity index is 2.14. The smallest absolute Gasteiger partial charge is 0.377 e. The largest absolute Gasteiger partial charge is 0.481 e. The third kappa shape index (κ3) is 4.69. The Morgan fingerprint density at radius 1 is 1.00 bits per heavy atom. The number of halogens is 1. The van der Waals surface area contributed by atoms with Gasteiger partial charge < -0.3 is 19.0 Å². The lowest BCUT2D eigenvalue weighted by molar-refractivity contribution is -0.180. The second-order valence-corrected chi connectivity index (χ2v) is 5.90. The summed E-state index contributed by atoms with van der Waals surface area (Å²) in [5.74, 6) is -1.05. The first-order chi connectivity index (χ1) is 14.5. The average Bonchev–Trinajstić information content (AvgIpc) is 2.78. The van der Waals surface area contributed by atoms with Gasteiger partial charge in [0, 0.05) is 5.57 Å². The monoisotopic (exact) mass is 413 g/mol. The minimum absolute atomic E-state index is 0.168. The Labute approximate surface area is 172 Å². The number of esters is 1. The number of methoxy groups -OCH3 is 3. The van der Waals surface area contributed by atoms with Crippen LogP contribution in [-0.4, -0.2) is 38.5 Å². The van der Waals surface area contributed by atoms with Crippen molar-refractivity contribution < 1.29 is 28.2 Å². The number of hydrazone groups is 1. The van der Waals surface area contributed by atoms with Crippen molar-refractivity contribution in [2.45, 2.75) is 0 Å². The molecule has 9 heteroatoms. The Morgan fingerprint density at radius 2 is 1.73 bits per heavy atom. The summed E-state index contributed by atoms with van der Waals surface area (Å²) >= 11 is 0. The lowest BCUT2D eigenvalue weighted by Crippen LogP contribution is -2.39. The van der Waals surface area contributed by atoms with Crippen molar-refractivity contribution in [2.24, 2.45) is 5.10 Å². The molecule has 0 saturated carbocycles. The summed E-state index contributed by atoms with van der Waals surface area (Å²) in [6.45, 7) is 0. The molecule has 0 atom stereocenters. The summed E-state index contributed by atoms with van der Waals surface area (Å²) in [6, 6.07) is 14.7. The lowest BCUT2D eigenvalue weighted by atomic mass is 9.96. The Hall–Kier alpha value is -4.01. The van der Waals surface area contributed by atoms with Gasteiger partial charge in [-0.1, -0.05) is 47.6 Å². The summed E-state index contributed by atoms with van der Waals surface area (Å²) in [5.41, 5.74) is 4.05. The molecule has 0 amide bonds. The van der Waals surface area contributed by atoms with Crippen molar-refractivity contribution in [3.63, 3.8) is 0 Å². The molecule has 0 aromatic heterocycles. The molecule has 0 unspecified atom stereocenters. The van der Waals surface area contributed by atoms with Gasteiger partial charge in [-0.05, 0) is 28.5 Å². The summed E-state index contributed by atoms with van der Waals surface area (Å²) in [7, 11) is 4.08. The van der Waals surface area contributed by atoms with E-state index >= 15 is 0 Å². The maximum Gasteiger partial charge on any atom is 0.377 e. The molecule has 0 saturated heterocycles. The van der Waals surface area contributed by atoms with Gasteiger partial charge in [0.2, 0.25) is 11.8 Å². The highest BCUT2D eigenvalue weighted by molar-refractivity contribution is 6.00. The van der Waals surface area contributed by atoms with Gasteiger partial charge in [-0.2, -0.15) is 0 Å². The molecule has 0 bridgehead atoms. The third-order valence-corrected chi connectivity index (χ3v) is 4.03. The number of nitrogens with zero attached hydrogens (tertiary/aromatic N) is 2. The van der Waals surface area contributed by atoms with Crippen molar-refractivity contribution in [3.8, 4) is 0 Å². The number of rotatable bonds is 6. The summed E-state index contributed by atoms with van der Waals surface area (Å²) < 4.78 is 29.2. The number of nitrogens with one attached hydrogen (secondary N) is 1. The van der Waals surface area contributed by atoms with Crippen molar-refractivity contribution in [2.75, 3.05) is 21.3 Å². The number of hydrazine groups is 1. The second-order valence-electron chi connectivity index (χ2n) is 5.90. The standard InChI is InChI=1S/C21H20FN3O5/c1-27-17-13-18(28-2)24-25(23-17)30-20(21(26)29-3)19(14-8-5-4-6-9-14)15-10-7-11-16(22)12-15/h4-13,23H,1-3H3. The molecule has 0 aliphatic carbocycles. The fourth-order valence-electron chi connectivity index (χ4n) is 2.67. The van der Waals surface area contributed by atoms with Crippen molar-refractivity contribution in [1.82, 2.24) is 10.7 Å². The van der Waals surface area contributed by atoms with Crippen molar-refractivity contribution in [3.05, 3.63) is 89.3 Å². The first kappa shape index (κ1) is 20.7. The molecular formula is C21H20FN3O5. The number of hydrogen-bond acceptors (Lipinski definition) is 8. The van der Waals surface area contributed by atoms with Gasteiger partial charge in [0.15, 0.2) is 0 Å². The first-order valence-electron chi connectivity index (χ1n) is 8.82. The molecule has 156 valence electrons. The topological polar surface area (TPSA) is 81.6 Å². The molecule has 1 heterocycles. The van der Waals surface area contributed by atoms with Crippen LogP contribution < -0.4 is 5.43 Å². The molecule has 0 spiro atoms. The van der Waals surface area contributed by atoms with E-state index < -0.39 is 11.8 Å². The van der Waals surface area contributed by atoms with Crippen LogP contribution in [0.2, 0.25) is 0 Å². The van der Waals surface area contributed by atoms with Crippen LogP contribution in [0, 0.1) is 5.82 Å². The maximum absolute atomic E-state index is 14.0. The zero-order chi connectivity index (χ0) is 21.5. The number of carbonyl (C=O) groups excluding carboxylic acids is 1. The predicted octanol–water partition coefficient (Wildman–Crippen LogP) is 2.96. The van der Waals surface area contributed by atoms with Crippen molar-refractivity contribution >= 4 is 17.4 Å². The Bertz CT molecular complexity index is 1000. The third-order valence-electron chi connectivity index (χ3n) is 4.03. The molecular weight excluding hydrogens is 393 g/mol. The highest BCUT2D eigenvalue weighted by Gasteiger charge is 2.26. The SMILES string of the molecule is COC(=O)C(ON1N=C(OC)C=C(OC)N1)=C(c1ccccc1)c1cccc(F)c1. The van der Waals surface area contributed by atoms with Gasteiger partial charge in [-0.25, -0.2) is 14.6 Å². The minimum atomic E-state index is -0.789. The number of hydrogen-bond donors (Lipinski definition) is 1.